The number of pyridine rings is 1. The largest absolute Gasteiger partial charge is 0.480 e. The van der Waals surface area contributed by atoms with Crippen molar-refractivity contribution in [1.29, 1.82) is 0 Å². The highest BCUT2D eigenvalue weighted by molar-refractivity contribution is 5.74. The van der Waals surface area contributed by atoms with Gasteiger partial charge < -0.3 is 5.11 Å². The molecule has 1 aliphatic rings. The van der Waals surface area contributed by atoms with Gasteiger partial charge in [-0.3, -0.25) is 14.7 Å². The Balaban J connectivity index is 2.15. The maximum absolute atomic E-state index is 13.5. The van der Waals surface area contributed by atoms with Crippen molar-refractivity contribution >= 4 is 5.97 Å². The number of halogens is 3. The Bertz CT molecular complexity index is 749. The summed E-state index contributed by atoms with van der Waals surface area (Å²) in [5.74, 6) is -1.02. The highest BCUT2D eigenvalue weighted by atomic mass is 19.4. The molecule has 1 saturated heterocycles. The van der Waals surface area contributed by atoms with Crippen molar-refractivity contribution in [3.8, 4) is 0 Å². The minimum atomic E-state index is -4.52. The molecule has 1 aliphatic heterocycles. The number of likely N-dealkylation sites (tertiary alicyclic amines) is 1. The average molecular weight is 350 g/mol. The van der Waals surface area contributed by atoms with Crippen LogP contribution in [-0.4, -0.2) is 33.5 Å². The van der Waals surface area contributed by atoms with Gasteiger partial charge in [0.25, 0.3) is 0 Å². The third kappa shape index (κ3) is 3.51. The predicted molar refractivity (Wildman–Crippen MR) is 84.9 cm³/mol. The van der Waals surface area contributed by atoms with Gasteiger partial charge in [-0.15, -0.1) is 0 Å². The zero-order valence-corrected chi connectivity index (χ0v) is 13.3. The van der Waals surface area contributed by atoms with Gasteiger partial charge in [-0.1, -0.05) is 24.3 Å². The van der Waals surface area contributed by atoms with Crippen LogP contribution in [0, 0.1) is 0 Å². The van der Waals surface area contributed by atoms with E-state index in [1.807, 2.05) is 0 Å². The Morgan fingerprint density at radius 1 is 1.24 bits per heavy atom. The number of carboxylic acid groups (broad SMARTS) is 1. The van der Waals surface area contributed by atoms with E-state index in [1.165, 1.54) is 24.5 Å². The third-order valence-electron chi connectivity index (χ3n) is 4.47. The lowest BCUT2D eigenvalue weighted by Crippen LogP contribution is -2.40. The van der Waals surface area contributed by atoms with Crippen molar-refractivity contribution in [2.24, 2.45) is 0 Å². The second-order valence-corrected chi connectivity index (χ2v) is 6.01. The van der Waals surface area contributed by atoms with Gasteiger partial charge in [0, 0.05) is 18.9 Å². The van der Waals surface area contributed by atoms with Crippen molar-refractivity contribution in [3.63, 3.8) is 0 Å². The Labute approximate surface area is 142 Å². The Hall–Kier alpha value is -2.41. The molecule has 2 heterocycles. The van der Waals surface area contributed by atoms with Crippen LogP contribution in [0.3, 0.4) is 0 Å². The van der Waals surface area contributed by atoms with Crippen molar-refractivity contribution in [1.82, 2.24) is 9.88 Å². The lowest BCUT2D eigenvalue weighted by Gasteiger charge is -2.33. The van der Waals surface area contributed by atoms with Gasteiger partial charge in [0.1, 0.15) is 6.04 Å². The van der Waals surface area contributed by atoms with E-state index in [2.05, 4.69) is 4.98 Å². The van der Waals surface area contributed by atoms with Crippen molar-refractivity contribution in [2.45, 2.75) is 31.1 Å². The molecule has 0 bridgehead atoms. The number of hydrogen-bond donors (Lipinski definition) is 1. The highest BCUT2D eigenvalue weighted by Crippen LogP contribution is 2.41. The maximum Gasteiger partial charge on any atom is 0.416 e. The summed E-state index contributed by atoms with van der Waals surface area (Å²) in [6, 6.07) is 7.03. The molecule has 0 spiro atoms. The molecule has 1 fully saturated rings. The van der Waals surface area contributed by atoms with Crippen LogP contribution < -0.4 is 0 Å². The number of rotatable bonds is 4. The number of carboxylic acids is 1. The second-order valence-electron chi connectivity index (χ2n) is 6.01. The molecule has 25 heavy (non-hydrogen) atoms. The first-order chi connectivity index (χ1) is 11.9. The minimum absolute atomic E-state index is 0.0520. The van der Waals surface area contributed by atoms with E-state index >= 15 is 0 Å². The van der Waals surface area contributed by atoms with Crippen LogP contribution in [0.25, 0.3) is 0 Å². The number of nitrogens with zero attached hydrogens (tertiary/aromatic N) is 2. The van der Waals surface area contributed by atoms with E-state index < -0.39 is 29.8 Å². The van der Waals surface area contributed by atoms with E-state index in [1.54, 1.807) is 23.1 Å². The smallest absolute Gasteiger partial charge is 0.416 e. The highest BCUT2D eigenvalue weighted by Gasteiger charge is 2.41. The summed E-state index contributed by atoms with van der Waals surface area (Å²) < 4.78 is 40.5. The minimum Gasteiger partial charge on any atom is -0.480 e. The first kappa shape index (κ1) is 17.4. The first-order valence-electron chi connectivity index (χ1n) is 7.94. The Morgan fingerprint density at radius 2 is 2.00 bits per heavy atom. The third-order valence-corrected chi connectivity index (χ3v) is 4.47. The van der Waals surface area contributed by atoms with E-state index in [-0.39, 0.29) is 5.56 Å². The number of alkyl halides is 3. The molecule has 0 aliphatic carbocycles. The lowest BCUT2D eigenvalue weighted by atomic mass is 9.93. The quantitative estimate of drug-likeness (QED) is 0.913. The Kier molecular flexibility index (Phi) is 4.76. The monoisotopic (exact) mass is 350 g/mol. The molecule has 1 aromatic carbocycles. The van der Waals surface area contributed by atoms with Gasteiger partial charge in [-0.25, -0.2) is 0 Å². The summed E-state index contributed by atoms with van der Waals surface area (Å²) in [4.78, 5) is 17.2. The first-order valence-corrected chi connectivity index (χ1v) is 7.94. The van der Waals surface area contributed by atoms with E-state index in [0.29, 0.717) is 24.9 Å². The van der Waals surface area contributed by atoms with Gasteiger partial charge >= 0.3 is 12.1 Å². The summed E-state index contributed by atoms with van der Waals surface area (Å²) in [5.41, 5.74) is -0.150. The molecule has 0 amide bonds. The van der Waals surface area contributed by atoms with Gasteiger partial charge in [0.15, 0.2) is 0 Å². The fraction of sp³-hybridized carbons (Fsp3) is 0.333. The molecule has 0 radical (unpaired) electrons. The van der Waals surface area contributed by atoms with E-state index in [0.717, 1.165) is 6.07 Å². The van der Waals surface area contributed by atoms with Crippen LogP contribution >= 0.6 is 0 Å². The summed E-state index contributed by atoms with van der Waals surface area (Å²) in [6.45, 7) is 0.419. The molecule has 1 aromatic heterocycles. The standard InChI is InChI=1S/C18H17F3N2O2/c19-18(20,21)14-7-2-1-6-13(14)16(12-5-3-9-22-11-12)23-10-4-8-15(23)17(24)25/h1-3,5-7,9,11,15-16H,4,8,10H2,(H,24,25). The molecule has 132 valence electrons. The second kappa shape index (κ2) is 6.84. The van der Waals surface area contributed by atoms with Crippen molar-refractivity contribution in [2.75, 3.05) is 6.54 Å². The molecule has 4 nitrogen and oxygen atoms in total. The molecule has 0 saturated carbocycles. The summed E-state index contributed by atoms with van der Waals surface area (Å²) in [6.07, 6.45) is -0.443. The summed E-state index contributed by atoms with van der Waals surface area (Å²) >= 11 is 0. The van der Waals surface area contributed by atoms with E-state index in [4.69, 9.17) is 0 Å². The predicted octanol–water partition coefficient (Wildman–Crippen LogP) is 3.74. The van der Waals surface area contributed by atoms with Crippen LogP contribution in [0.1, 0.15) is 35.6 Å². The van der Waals surface area contributed by atoms with Crippen LogP contribution in [0.5, 0.6) is 0 Å². The fourth-order valence-corrected chi connectivity index (χ4v) is 3.44. The number of benzene rings is 1. The maximum atomic E-state index is 13.5. The van der Waals surface area contributed by atoms with Crippen LogP contribution in [0.4, 0.5) is 13.2 Å². The van der Waals surface area contributed by atoms with Crippen molar-refractivity contribution in [3.05, 3.63) is 65.5 Å². The van der Waals surface area contributed by atoms with Crippen molar-refractivity contribution < 1.29 is 23.1 Å². The number of aromatic nitrogens is 1. The summed E-state index contributed by atoms with van der Waals surface area (Å²) in [7, 11) is 0. The molecule has 2 atom stereocenters. The average Bonchev–Trinajstić information content (AvgIpc) is 3.05. The molecular weight excluding hydrogens is 333 g/mol. The molecule has 7 heteroatoms. The van der Waals surface area contributed by atoms with Gasteiger partial charge in [0.05, 0.1) is 11.6 Å². The molecule has 2 unspecified atom stereocenters. The number of aliphatic carboxylic acids is 1. The van der Waals surface area contributed by atoms with Gasteiger partial charge in [0.2, 0.25) is 0 Å². The number of carbonyl (C=O) groups is 1. The molecule has 3 rings (SSSR count). The van der Waals surface area contributed by atoms with Crippen LogP contribution in [0.15, 0.2) is 48.8 Å². The van der Waals surface area contributed by atoms with Crippen LogP contribution in [-0.2, 0) is 11.0 Å². The lowest BCUT2D eigenvalue weighted by molar-refractivity contribution is -0.143. The zero-order valence-electron chi connectivity index (χ0n) is 13.3. The fourth-order valence-electron chi connectivity index (χ4n) is 3.44. The van der Waals surface area contributed by atoms with Gasteiger partial charge in [-0.2, -0.15) is 13.2 Å². The molecular formula is C18H17F3N2O2. The van der Waals surface area contributed by atoms with Crippen LogP contribution in [0.2, 0.25) is 0 Å². The molecule has 2 aromatic rings. The summed E-state index contributed by atoms with van der Waals surface area (Å²) in [5, 5.41) is 9.48. The topological polar surface area (TPSA) is 53.4 Å². The molecule has 1 N–H and O–H groups in total. The van der Waals surface area contributed by atoms with Gasteiger partial charge in [-0.05, 0) is 36.1 Å². The normalized spacial score (nSPS) is 19.7. The number of hydrogen-bond acceptors (Lipinski definition) is 3. The SMILES string of the molecule is O=C(O)C1CCCN1C(c1cccnc1)c1ccccc1C(F)(F)F. The zero-order chi connectivity index (χ0) is 18.0. The van der Waals surface area contributed by atoms with E-state index in [9.17, 15) is 23.1 Å². The Morgan fingerprint density at radius 3 is 2.64 bits per heavy atom.